The van der Waals surface area contributed by atoms with Gasteiger partial charge >= 0.3 is 0 Å². The number of rotatable bonds is 1. The van der Waals surface area contributed by atoms with Gasteiger partial charge in [-0.3, -0.25) is 4.90 Å². The average Bonchev–Trinajstić information content (AvgIpc) is 3.22. The Bertz CT molecular complexity index is 514. The summed E-state index contributed by atoms with van der Waals surface area (Å²) in [5, 5.41) is 10.2. The van der Waals surface area contributed by atoms with Crippen molar-refractivity contribution in [2.45, 2.75) is 96.6 Å². The topological polar surface area (TPSA) is 23.5 Å². The van der Waals surface area contributed by atoms with Gasteiger partial charge in [0.15, 0.2) is 0 Å². The second-order valence-corrected chi connectivity index (χ2v) is 11.0. The van der Waals surface area contributed by atoms with Crippen LogP contribution in [-0.2, 0) is 0 Å². The third kappa shape index (κ3) is 2.42. The summed E-state index contributed by atoms with van der Waals surface area (Å²) in [5.41, 5.74) is 1.14. The number of nitrogens with zero attached hydrogens (tertiary/aromatic N) is 1. The lowest BCUT2D eigenvalue weighted by Crippen LogP contribution is -2.56. The molecule has 3 unspecified atom stereocenters. The molecular formula is C23H39NO. The lowest BCUT2D eigenvalue weighted by molar-refractivity contribution is -0.128. The van der Waals surface area contributed by atoms with Crippen molar-refractivity contribution in [2.24, 2.45) is 34.5 Å². The second-order valence-electron chi connectivity index (χ2n) is 11.0. The van der Waals surface area contributed by atoms with E-state index in [1.165, 1.54) is 70.9 Å². The van der Waals surface area contributed by atoms with Crippen LogP contribution < -0.4 is 0 Å². The zero-order valence-corrected chi connectivity index (χ0v) is 16.6. The maximum absolute atomic E-state index is 10.2. The minimum atomic E-state index is -0.00508. The smallest absolute Gasteiger partial charge is 0.0543 e. The Hall–Kier alpha value is -0.0800. The molecule has 8 atom stereocenters. The van der Waals surface area contributed by atoms with Crippen LogP contribution in [0.1, 0.15) is 84.5 Å². The quantitative estimate of drug-likeness (QED) is 0.734. The monoisotopic (exact) mass is 345 g/mol. The third-order valence-corrected chi connectivity index (χ3v) is 10.2. The fraction of sp³-hybridized carbons (Fsp3) is 1.00. The van der Waals surface area contributed by atoms with Crippen LogP contribution in [0.15, 0.2) is 0 Å². The van der Waals surface area contributed by atoms with Gasteiger partial charge in [-0.15, -0.1) is 0 Å². The van der Waals surface area contributed by atoms with Gasteiger partial charge in [-0.05, 0) is 118 Å². The van der Waals surface area contributed by atoms with Gasteiger partial charge in [0.1, 0.15) is 0 Å². The molecule has 5 fully saturated rings. The van der Waals surface area contributed by atoms with Crippen LogP contribution in [0.3, 0.4) is 0 Å². The first-order valence-corrected chi connectivity index (χ1v) is 11.4. The molecule has 4 saturated carbocycles. The number of hydrogen-bond acceptors (Lipinski definition) is 2. The fourth-order valence-corrected chi connectivity index (χ4v) is 8.86. The molecule has 1 aliphatic heterocycles. The van der Waals surface area contributed by atoms with Gasteiger partial charge in [0.2, 0.25) is 0 Å². The van der Waals surface area contributed by atoms with Crippen molar-refractivity contribution in [3.05, 3.63) is 0 Å². The Morgan fingerprint density at radius 1 is 0.800 bits per heavy atom. The Kier molecular flexibility index (Phi) is 4.06. The molecule has 142 valence electrons. The molecular weight excluding hydrogens is 306 g/mol. The number of likely N-dealkylation sites (tertiary alicyclic amines) is 1. The molecule has 0 radical (unpaired) electrons. The maximum Gasteiger partial charge on any atom is 0.0543 e. The minimum Gasteiger partial charge on any atom is -0.393 e. The molecule has 0 aromatic heterocycles. The van der Waals surface area contributed by atoms with Gasteiger partial charge in [0.25, 0.3) is 0 Å². The van der Waals surface area contributed by atoms with Crippen molar-refractivity contribution in [1.29, 1.82) is 0 Å². The van der Waals surface area contributed by atoms with Gasteiger partial charge < -0.3 is 5.11 Å². The van der Waals surface area contributed by atoms with E-state index in [1.807, 2.05) is 0 Å². The van der Waals surface area contributed by atoms with E-state index in [1.54, 1.807) is 0 Å². The molecule has 1 saturated heterocycles. The summed E-state index contributed by atoms with van der Waals surface area (Å²) >= 11 is 0. The van der Waals surface area contributed by atoms with Crippen LogP contribution in [0, 0.1) is 34.5 Å². The molecule has 5 aliphatic rings. The van der Waals surface area contributed by atoms with Crippen LogP contribution in [0.2, 0.25) is 0 Å². The molecule has 2 heteroatoms. The standard InChI is InChI=1S/C23H39NO/c1-22-11-9-17(25)15-16(22)5-6-18-19-7-8-21(24-13-3-4-14-24)23(19,2)12-10-20(18)22/h16-21,25H,3-15H2,1-2H3/t16?,17?,18-,19-,20+,21?,22-,23-/m0/s1. The second kappa shape index (κ2) is 5.96. The van der Waals surface area contributed by atoms with E-state index < -0.39 is 0 Å². The molecule has 0 amide bonds. The lowest BCUT2D eigenvalue weighted by Gasteiger charge is -2.61. The highest BCUT2D eigenvalue weighted by Crippen LogP contribution is 2.66. The fourth-order valence-electron chi connectivity index (χ4n) is 8.86. The maximum atomic E-state index is 10.2. The molecule has 1 N–H and O–H groups in total. The van der Waals surface area contributed by atoms with Gasteiger partial charge in [-0.2, -0.15) is 0 Å². The summed E-state index contributed by atoms with van der Waals surface area (Å²) in [6.45, 7) is 8.05. The van der Waals surface area contributed by atoms with Crippen molar-refractivity contribution >= 4 is 0 Å². The summed E-state index contributed by atoms with van der Waals surface area (Å²) < 4.78 is 0. The molecule has 5 rings (SSSR count). The van der Waals surface area contributed by atoms with E-state index in [0.717, 1.165) is 42.6 Å². The first kappa shape index (κ1) is 17.0. The Labute approximate surface area is 154 Å². The van der Waals surface area contributed by atoms with Gasteiger partial charge in [-0.25, -0.2) is 0 Å². The highest BCUT2D eigenvalue weighted by molar-refractivity contribution is 5.11. The van der Waals surface area contributed by atoms with E-state index in [2.05, 4.69) is 18.7 Å². The summed E-state index contributed by atoms with van der Waals surface area (Å²) in [6, 6.07) is 0.889. The van der Waals surface area contributed by atoms with Crippen molar-refractivity contribution in [2.75, 3.05) is 13.1 Å². The predicted octanol–water partition coefficient (Wildman–Crippen LogP) is 4.85. The van der Waals surface area contributed by atoms with Gasteiger partial charge in [0.05, 0.1) is 6.10 Å². The predicted molar refractivity (Wildman–Crippen MR) is 102 cm³/mol. The summed E-state index contributed by atoms with van der Waals surface area (Å²) in [5.74, 6) is 3.73. The highest BCUT2D eigenvalue weighted by Gasteiger charge is 2.60. The third-order valence-electron chi connectivity index (χ3n) is 10.2. The van der Waals surface area contributed by atoms with Crippen LogP contribution in [0.4, 0.5) is 0 Å². The van der Waals surface area contributed by atoms with Gasteiger partial charge in [-0.1, -0.05) is 13.8 Å². The van der Waals surface area contributed by atoms with Crippen LogP contribution in [-0.4, -0.2) is 35.2 Å². The van der Waals surface area contributed by atoms with Crippen LogP contribution >= 0.6 is 0 Å². The zero-order chi connectivity index (χ0) is 17.2. The number of aliphatic hydroxyl groups excluding tert-OH is 1. The van der Waals surface area contributed by atoms with Crippen molar-refractivity contribution in [1.82, 2.24) is 4.90 Å². The van der Waals surface area contributed by atoms with Gasteiger partial charge in [0, 0.05) is 6.04 Å². The number of hydrogen-bond donors (Lipinski definition) is 1. The average molecular weight is 346 g/mol. The van der Waals surface area contributed by atoms with E-state index in [9.17, 15) is 5.11 Å². The normalized spacial score (nSPS) is 56.3. The number of fused-ring (bicyclic) bond motifs is 5. The van der Waals surface area contributed by atoms with E-state index >= 15 is 0 Å². The van der Waals surface area contributed by atoms with E-state index in [0.29, 0.717) is 10.8 Å². The molecule has 0 aromatic rings. The number of aliphatic hydroxyl groups is 1. The minimum absolute atomic E-state index is 0.00508. The molecule has 0 bridgehead atoms. The summed E-state index contributed by atoms with van der Waals surface area (Å²) in [4.78, 5) is 2.88. The van der Waals surface area contributed by atoms with Crippen LogP contribution in [0.5, 0.6) is 0 Å². The summed E-state index contributed by atoms with van der Waals surface area (Å²) in [6.07, 6.45) is 15.1. The zero-order valence-electron chi connectivity index (χ0n) is 16.6. The summed E-state index contributed by atoms with van der Waals surface area (Å²) in [7, 11) is 0. The Morgan fingerprint density at radius 2 is 1.52 bits per heavy atom. The Morgan fingerprint density at radius 3 is 2.32 bits per heavy atom. The SMILES string of the molecule is C[C@]12CCC(O)CC1CC[C@@H]1[C@H]2CC[C@]2(C)C(N3CCCC3)CC[C@@H]12. The van der Waals surface area contributed by atoms with Crippen molar-refractivity contribution in [3.8, 4) is 0 Å². The highest BCUT2D eigenvalue weighted by atomic mass is 16.3. The Balaban J connectivity index is 1.40. The van der Waals surface area contributed by atoms with E-state index in [4.69, 9.17) is 0 Å². The largest absolute Gasteiger partial charge is 0.393 e. The van der Waals surface area contributed by atoms with Crippen LogP contribution in [0.25, 0.3) is 0 Å². The molecule has 25 heavy (non-hydrogen) atoms. The molecule has 2 nitrogen and oxygen atoms in total. The molecule has 0 aromatic carbocycles. The van der Waals surface area contributed by atoms with E-state index in [-0.39, 0.29) is 6.10 Å². The molecule has 1 heterocycles. The lowest BCUT2D eigenvalue weighted by atomic mass is 9.45. The van der Waals surface area contributed by atoms with Crippen molar-refractivity contribution < 1.29 is 5.11 Å². The first-order valence-electron chi connectivity index (χ1n) is 11.4. The first-order chi connectivity index (χ1) is 12.0. The van der Waals surface area contributed by atoms with Crippen molar-refractivity contribution in [3.63, 3.8) is 0 Å². The molecule has 0 spiro atoms. The molecule has 4 aliphatic carbocycles.